The predicted octanol–water partition coefficient (Wildman–Crippen LogP) is 2.87. The highest BCUT2D eigenvalue weighted by Gasteiger charge is 2.28. The summed E-state index contributed by atoms with van der Waals surface area (Å²) < 4.78 is 28.2. The van der Waals surface area contributed by atoms with Crippen molar-refractivity contribution in [2.75, 3.05) is 7.05 Å². The van der Waals surface area contributed by atoms with Gasteiger partial charge in [0.1, 0.15) is 5.65 Å². The van der Waals surface area contributed by atoms with Crippen LogP contribution in [-0.2, 0) is 16.6 Å². The maximum Gasteiger partial charge on any atom is 0.262 e. The summed E-state index contributed by atoms with van der Waals surface area (Å²) in [5, 5.41) is 1.90. The van der Waals surface area contributed by atoms with Gasteiger partial charge < -0.3 is 0 Å². The lowest BCUT2D eigenvalue weighted by atomic mass is 10.5. The Bertz CT molecular complexity index is 872. The molecule has 0 amide bonds. The molecule has 0 aromatic carbocycles. The van der Waals surface area contributed by atoms with Crippen LogP contribution in [0.25, 0.3) is 5.65 Å². The molecule has 0 bridgehead atoms. The molecule has 0 spiro atoms. The van der Waals surface area contributed by atoms with Crippen molar-refractivity contribution in [2.24, 2.45) is 0 Å². The van der Waals surface area contributed by atoms with Crippen molar-refractivity contribution in [2.45, 2.75) is 11.6 Å². The average molecular weight is 342 g/mol. The smallest absolute Gasteiger partial charge is 0.262 e. The van der Waals surface area contributed by atoms with E-state index in [4.69, 9.17) is 11.6 Å². The van der Waals surface area contributed by atoms with E-state index in [1.54, 1.807) is 24.4 Å². The van der Waals surface area contributed by atoms with Crippen LogP contribution in [-0.4, -0.2) is 29.2 Å². The molecule has 3 aromatic heterocycles. The first kappa shape index (κ1) is 14.5. The van der Waals surface area contributed by atoms with Gasteiger partial charge in [-0.3, -0.25) is 4.40 Å². The predicted molar refractivity (Wildman–Crippen MR) is 83.2 cm³/mol. The number of thiophene rings is 1. The van der Waals surface area contributed by atoms with E-state index in [0.29, 0.717) is 12.2 Å². The molecule has 3 rings (SSSR count). The van der Waals surface area contributed by atoms with Crippen molar-refractivity contribution in [1.29, 1.82) is 0 Å². The van der Waals surface area contributed by atoms with Crippen LogP contribution in [0.5, 0.6) is 0 Å². The number of imidazole rings is 1. The van der Waals surface area contributed by atoms with Crippen LogP contribution in [0.2, 0.25) is 5.15 Å². The third-order valence-electron chi connectivity index (χ3n) is 3.06. The van der Waals surface area contributed by atoms with Crippen LogP contribution >= 0.6 is 22.9 Å². The quantitative estimate of drug-likeness (QED) is 0.733. The molecule has 0 unspecified atom stereocenters. The van der Waals surface area contributed by atoms with Crippen molar-refractivity contribution in [3.05, 3.63) is 51.9 Å². The lowest BCUT2D eigenvalue weighted by Gasteiger charge is -2.16. The first-order valence-electron chi connectivity index (χ1n) is 6.11. The lowest BCUT2D eigenvalue weighted by molar-refractivity contribution is 0.466. The highest BCUT2D eigenvalue weighted by molar-refractivity contribution is 7.89. The number of hydrogen-bond acceptors (Lipinski definition) is 4. The van der Waals surface area contributed by atoms with Crippen molar-refractivity contribution in [3.63, 3.8) is 0 Å². The van der Waals surface area contributed by atoms with E-state index in [1.165, 1.54) is 27.1 Å². The van der Waals surface area contributed by atoms with Gasteiger partial charge in [0.15, 0.2) is 10.2 Å². The molecule has 5 nitrogen and oxygen atoms in total. The van der Waals surface area contributed by atoms with Gasteiger partial charge in [0, 0.05) is 24.7 Å². The van der Waals surface area contributed by atoms with Crippen molar-refractivity contribution < 1.29 is 8.42 Å². The molecule has 0 aliphatic heterocycles. The fourth-order valence-electron chi connectivity index (χ4n) is 2.03. The third-order valence-corrected chi connectivity index (χ3v) is 6.12. The standard InChI is InChI=1S/C13H12ClN3O2S2/c1-16(9-10-5-4-8-20-10)21(18,19)13-12(14)15-11-6-2-3-7-17(11)13/h2-8H,9H2,1H3. The van der Waals surface area contributed by atoms with E-state index >= 15 is 0 Å². The van der Waals surface area contributed by atoms with E-state index in [-0.39, 0.29) is 10.2 Å². The molecule has 0 saturated heterocycles. The molecule has 3 aromatic rings. The molecule has 0 aliphatic rings. The largest absolute Gasteiger partial charge is 0.288 e. The molecule has 8 heteroatoms. The summed E-state index contributed by atoms with van der Waals surface area (Å²) in [6, 6.07) is 9.02. The van der Waals surface area contributed by atoms with Gasteiger partial charge in [-0.25, -0.2) is 13.4 Å². The minimum Gasteiger partial charge on any atom is -0.288 e. The Balaban J connectivity index is 2.06. The third kappa shape index (κ3) is 2.57. The lowest BCUT2D eigenvalue weighted by Crippen LogP contribution is -2.27. The molecular weight excluding hydrogens is 330 g/mol. The SMILES string of the molecule is CN(Cc1cccs1)S(=O)(=O)c1c(Cl)nc2ccccn12. The van der Waals surface area contributed by atoms with Crippen LogP contribution in [0.1, 0.15) is 4.88 Å². The number of rotatable bonds is 4. The topological polar surface area (TPSA) is 54.7 Å². The summed E-state index contributed by atoms with van der Waals surface area (Å²) in [6.07, 6.45) is 1.64. The minimum absolute atomic E-state index is 0.00109. The number of hydrogen-bond donors (Lipinski definition) is 0. The van der Waals surface area contributed by atoms with Gasteiger partial charge in [-0.05, 0) is 23.6 Å². The summed E-state index contributed by atoms with van der Waals surface area (Å²) in [6.45, 7) is 0.302. The summed E-state index contributed by atoms with van der Waals surface area (Å²) in [5.41, 5.74) is 0.505. The molecule has 110 valence electrons. The van der Waals surface area contributed by atoms with Gasteiger partial charge >= 0.3 is 0 Å². The summed E-state index contributed by atoms with van der Waals surface area (Å²) in [7, 11) is -2.19. The molecule has 21 heavy (non-hydrogen) atoms. The number of fused-ring (bicyclic) bond motifs is 1. The van der Waals surface area contributed by atoms with Crippen LogP contribution in [0.4, 0.5) is 0 Å². The molecule has 0 saturated carbocycles. The molecule has 0 radical (unpaired) electrons. The van der Waals surface area contributed by atoms with Crippen LogP contribution in [0.15, 0.2) is 46.9 Å². The van der Waals surface area contributed by atoms with Gasteiger partial charge in [-0.2, -0.15) is 4.31 Å². The van der Waals surface area contributed by atoms with Gasteiger partial charge in [-0.15, -0.1) is 11.3 Å². The number of halogens is 1. The fraction of sp³-hybridized carbons (Fsp3) is 0.154. The summed E-state index contributed by atoms with van der Waals surface area (Å²) >= 11 is 7.55. The van der Waals surface area contributed by atoms with Gasteiger partial charge in [0.2, 0.25) is 0 Å². The zero-order valence-corrected chi connectivity index (χ0v) is 13.5. The Labute approximate surface area is 131 Å². The van der Waals surface area contributed by atoms with Crippen LogP contribution in [0, 0.1) is 0 Å². The second-order valence-corrected chi connectivity index (χ2v) is 7.83. The Morgan fingerprint density at radius 1 is 1.33 bits per heavy atom. The summed E-state index contributed by atoms with van der Waals surface area (Å²) in [4.78, 5) is 5.05. The van der Waals surface area contributed by atoms with E-state index in [9.17, 15) is 8.42 Å². The molecule has 0 atom stereocenters. The monoisotopic (exact) mass is 341 g/mol. The maximum atomic E-state index is 12.7. The first-order chi connectivity index (χ1) is 10.00. The van der Waals surface area contributed by atoms with Gasteiger partial charge in [0.05, 0.1) is 0 Å². The number of aromatic nitrogens is 2. The highest BCUT2D eigenvalue weighted by atomic mass is 35.5. The van der Waals surface area contributed by atoms with Crippen molar-refractivity contribution >= 4 is 38.6 Å². The van der Waals surface area contributed by atoms with Crippen LogP contribution in [0.3, 0.4) is 0 Å². The van der Waals surface area contributed by atoms with E-state index in [2.05, 4.69) is 4.98 Å². The fourth-order valence-corrected chi connectivity index (χ4v) is 4.60. The maximum absolute atomic E-state index is 12.7. The second-order valence-electron chi connectivity index (χ2n) is 4.48. The Morgan fingerprint density at radius 2 is 2.14 bits per heavy atom. The Hall–Kier alpha value is -1.41. The Morgan fingerprint density at radius 3 is 2.86 bits per heavy atom. The highest BCUT2D eigenvalue weighted by Crippen LogP contribution is 2.26. The zero-order chi connectivity index (χ0) is 15.0. The van der Waals surface area contributed by atoms with E-state index in [1.807, 2.05) is 17.5 Å². The Kier molecular flexibility index (Phi) is 3.75. The van der Waals surface area contributed by atoms with Crippen LogP contribution < -0.4 is 0 Å². The first-order valence-corrected chi connectivity index (χ1v) is 8.81. The zero-order valence-electron chi connectivity index (χ0n) is 11.1. The van der Waals surface area contributed by atoms with Crippen molar-refractivity contribution in [1.82, 2.24) is 13.7 Å². The summed E-state index contributed by atoms with van der Waals surface area (Å²) in [5.74, 6) is 0. The minimum atomic E-state index is -3.72. The molecule has 0 aliphatic carbocycles. The second kappa shape index (κ2) is 5.42. The molecular formula is C13H12ClN3O2S2. The number of sulfonamides is 1. The molecule has 3 heterocycles. The average Bonchev–Trinajstić information content (AvgIpc) is 3.04. The van der Waals surface area contributed by atoms with Crippen molar-refractivity contribution in [3.8, 4) is 0 Å². The number of nitrogens with zero attached hydrogens (tertiary/aromatic N) is 3. The number of pyridine rings is 1. The molecule has 0 fully saturated rings. The molecule has 0 N–H and O–H groups in total. The van der Waals surface area contributed by atoms with Gasteiger partial charge in [0.25, 0.3) is 10.0 Å². The van der Waals surface area contributed by atoms with E-state index < -0.39 is 10.0 Å². The normalized spacial score (nSPS) is 12.3. The van der Waals surface area contributed by atoms with E-state index in [0.717, 1.165) is 4.88 Å². The van der Waals surface area contributed by atoms with Gasteiger partial charge in [-0.1, -0.05) is 23.7 Å².